The SMILES string of the molecule is CC(C)NC(=O)c1ccc(NCc2ccco2)nn1. The van der Waals surface area contributed by atoms with E-state index >= 15 is 0 Å². The smallest absolute Gasteiger partial charge is 0.271 e. The molecule has 19 heavy (non-hydrogen) atoms. The van der Waals surface area contributed by atoms with Gasteiger partial charge in [0.05, 0.1) is 12.8 Å². The first-order valence-corrected chi connectivity index (χ1v) is 6.06. The van der Waals surface area contributed by atoms with Gasteiger partial charge in [0, 0.05) is 6.04 Å². The minimum Gasteiger partial charge on any atom is -0.467 e. The predicted octanol–water partition coefficient (Wildman–Crippen LogP) is 1.82. The van der Waals surface area contributed by atoms with Crippen LogP contribution in [0.15, 0.2) is 34.9 Å². The van der Waals surface area contributed by atoms with Crippen molar-refractivity contribution in [1.29, 1.82) is 0 Å². The van der Waals surface area contributed by atoms with Gasteiger partial charge in [-0.05, 0) is 38.1 Å². The molecule has 0 saturated heterocycles. The van der Waals surface area contributed by atoms with Crippen LogP contribution in [0.4, 0.5) is 5.82 Å². The molecule has 0 fully saturated rings. The maximum absolute atomic E-state index is 11.7. The summed E-state index contributed by atoms with van der Waals surface area (Å²) in [5.74, 6) is 1.18. The third-order valence-electron chi connectivity index (χ3n) is 2.34. The van der Waals surface area contributed by atoms with Gasteiger partial charge in [-0.3, -0.25) is 4.79 Å². The van der Waals surface area contributed by atoms with E-state index in [1.807, 2.05) is 26.0 Å². The maximum Gasteiger partial charge on any atom is 0.271 e. The third-order valence-corrected chi connectivity index (χ3v) is 2.34. The number of amides is 1. The highest BCUT2D eigenvalue weighted by atomic mass is 16.3. The van der Waals surface area contributed by atoms with Crippen LogP contribution in [-0.2, 0) is 6.54 Å². The summed E-state index contributed by atoms with van der Waals surface area (Å²) in [6, 6.07) is 7.11. The molecule has 2 N–H and O–H groups in total. The van der Waals surface area contributed by atoms with Crippen molar-refractivity contribution in [1.82, 2.24) is 15.5 Å². The van der Waals surface area contributed by atoms with Crippen molar-refractivity contribution in [3.8, 4) is 0 Å². The Hall–Kier alpha value is -2.37. The molecular formula is C13H16N4O2. The Labute approximate surface area is 111 Å². The molecule has 0 bridgehead atoms. The number of nitrogens with zero attached hydrogens (tertiary/aromatic N) is 2. The van der Waals surface area contributed by atoms with E-state index in [9.17, 15) is 4.79 Å². The molecule has 2 aromatic rings. The number of hydrogen-bond acceptors (Lipinski definition) is 5. The Morgan fingerprint density at radius 3 is 2.74 bits per heavy atom. The van der Waals surface area contributed by atoms with Gasteiger partial charge >= 0.3 is 0 Å². The van der Waals surface area contributed by atoms with Gasteiger partial charge in [0.2, 0.25) is 0 Å². The van der Waals surface area contributed by atoms with E-state index in [4.69, 9.17) is 4.42 Å². The molecular weight excluding hydrogens is 244 g/mol. The summed E-state index contributed by atoms with van der Waals surface area (Å²) in [5, 5.41) is 13.6. The Morgan fingerprint density at radius 2 is 2.16 bits per heavy atom. The molecule has 0 atom stereocenters. The van der Waals surface area contributed by atoms with E-state index in [-0.39, 0.29) is 11.9 Å². The first-order valence-electron chi connectivity index (χ1n) is 6.06. The molecule has 6 heteroatoms. The fourth-order valence-corrected chi connectivity index (χ4v) is 1.47. The van der Waals surface area contributed by atoms with Gasteiger partial charge < -0.3 is 15.1 Å². The van der Waals surface area contributed by atoms with E-state index in [0.717, 1.165) is 5.76 Å². The van der Waals surface area contributed by atoms with Crippen molar-refractivity contribution >= 4 is 11.7 Å². The lowest BCUT2D eigenvalue weighted by Gasteiger charge is -2.07. The predicted molar refractivity (Wildman–Crippen MR) is 70.7 cm³/mol. The van der Waals surface area contributed by atoms with Crippen LogP contribution in [-0.4, -0.2) is 22.1 Å². The van der Waals surface area contributed by atoms with Crippen molar-refractivity contribution in [2.45, 2.75) is 26.4 Å². The summed E-state index contributed by atoms with van der Waals surface area (Å²) >= 11 is 0. The van der Waals surface area contributed by atoms with Crippen LogP contribution in [0, 0.1) is 0 Å². The maximum atomic E-state index is 11.7. The van der Waals surface area contributed by atoms with E-state index in [1.54, 1.807) is 18.4 Å². The first-order chi connectivity index (χ1) is 9.15. The number of nitrogens with one attached hydrogen (secondary N) is 2. The molecule has 0 aliphatic heterocycles. The average Bonchev–Trinajstić information content (AvgIpc) is 2.89. The van der Waals surface area contributed by atoms with Gasteiger partial charge in [-0.1, -0.05) is 0 Å². The van der Waals surface area contributed by atoms with Crippen molar-refractivity contribution < 1.29 is 9.21 Å². The fourth-order valence-electron chi connectivity index (χ4n) is 1.47. The fraction of sp³-hybridized carbons (Fsp3) is 0.308. The van der Waals surface area contributed by atoms with E-state index in [0.29, 0.717) is 18.1 Å². The van der Waals surface area contributed by atoms with E-state index < -0.39 is 0 Å². The van der Waals surface area contributed by atoms with Crippen LogP contribution in [0.3, 0.4) is 0 Å². The quantitative estimate of drug-likeness (QED) is 0.857. The molecule has 2 aromatic heterocycles. The van der Waals surface area contributed by atoms with Crippen LogP contribution in [0.5, 0.6) is 0 Å². The second-order valence-electron chi connectivity index (χ2n) is 4.36. The molecule has 0 unspecified atom stereocenters. The highest BCUT2D eigenvalue weighted by molar-refractivity contribution is 5.92. The van der Waals surface area contributed by atoms with Gasteiger partial charge in [-0.25, -0.2) is 0 Å². The zero-order valence-electron chi connectivity index (χ0n) is 10.9. The van der Waals surface area contributed by atoms with Crippen molar-refractivity contribution in [2.75, 3.05) is 5.32 Å². The molecule has 0 aliphatic carbocycles. The monoisotopic (exact) mass is 260 g/mol. The van der Waals surface area contributed by atoms with E-state index in [1.165, 1.54) is 0 Å². The lowest BCUT2D eigenvalue weighted by Crippen LogP contribution is -2.30. The summed E-state index contributed by atoms with van der Waals surface area (Å²) in [7, 11) is 0. The van der Waals surface area contributed by atoms with Gasteiger partial charge in [0.1, 0.15) is 11.6 Å². The zero-order chi connectivity index (χ0) is 13.7. The molecule has 0 saturated carbocycles. The largest absolute Gasteiger partial charge is 0.467 e. The molecule has 0 spiro atoms. The number of furan rings is 1. The Kier molecular flexibility index (Phi) is 4.12. The molecule has 100 valence electrons. The minimum absolute atomic E-state index is 0.0751. The molecule has 0 aliphatic rings. The van der Waals surface area contributed by atoms with Gasteiger partial charge in [-0.15, -0.1) is 10.2 Å². The average molecular weight is 260 g/mol. The molecule has 2 heterocycles. The number of rotatable bonds is 5. The Morgan fingerprint density at radius 1 is 1.32 bits per heavy atom. The van der Waals surface area contributed by atoms with Crippen LogP contribution in [0.25, 0.3) is 0 Å². The molecule has 0 radical (unpaired) electrons. The van der Waals surface area contributed by atoms with Gasteiger partial charge in [0.25, 0.3) is 5.91 Å². The molecule has 1 amide bonds. The normalized spacial score (nSPS) is 10.5. The summed E-state index contributed by atoms with van der Waals surface area (Å²) in [5.41, 5.74) is 0.303. The topological polar surface area (TPSA) is 80.0 Å². The number of carbonyl (C=O) groups excluding carboxylic acids is 1. The summed E-state index contributed by atoms with van der Waals surface area (Å²) in [4.78, 5) is 11.7. The van der Waals surface area contributed by atoms with Gasteiger partial charge in [0.15, 0.2) is 5.69 Å². The molecule has 0 aromatic carbocycles. The zero-order valence-corrected chi connectivity index (χ0v) is 10.9. The van der Waals surface area contributed by atoms with Crippen LogP contribution >= 0.6 is 0 Å². The summed E-state index contributed by atoms with van der Waals surface area (Å²) in [6.07, 6.45) is 1.61. The number of carbonyl (C=O) groups is 1. The first kappa shape index (κ1) is 13.1. The Balaban J connectivity index is 1.92. The van der Waals surface area contributed by atoms with E-state index in [2.05, 4.69) is 20.8 Å². The number of anilines is 1. The number of hydrogen-bond donors (Lipinski definition) is 2. The second-order valence-corrected chi connectivity index (χ2v) is 4.36. The van der Waals surface area contributed by atoms with Gasteiger partial charge in [-0.2, -0.15) is 0 Å². The van der Waals surface area contributed by atoms with Crippen LogP contribution < -0.4 is 10.6 Å². The summed E-state index contributed by atoms with van der Waals surface area (Å²) < 4.78 is 5.19. The van der Waals surface area contributed by atoms with Crippen LogP contribution in [0.1, 0.15) is 30.1 Å². The Bertz CT molecular complexity index is 520. The molecule has 6 nitrogen and oxygen atoms in total. The van der Waals surface area contributed by atoms with Crippen molar-refractivity contribution in [3.63, 3.8) is 0 Å². The summed E-state index contributed by atoms with van der Waals surface area (Å²) in [6.45, 7) is 4.31. The second kappa shape index (κ2) is 5.99. The molecule has 2 rings (SSSR count). The van der Waals surface area contributed by atoms with Crippen molar-refractivity contribution in [3.05, 3.63) is 42.0 Å². The van der Waals surface area contributed by atoms with Crippen molar-refractivity contribution in [2.24, 2.45) is 0 Å². The lowest BCUT2D eigenvalue weighted by atomic mass is 10.3. The minimum atomic E-state index is -0.222. The number of aromatic nitrogens is 2. The highest BCUT2D eigenvalue weighted by Gasteiger charge is 2.09. The lowest BCUT2D eigenvalue weighted by molar-refractivity contribution is 0.0937. The third kappa shape index (κ3) is 3.80. The highest BCUT2D eigenvalue weighted by Crippen LogP contribution is 2.06. The van der Waals surface area contributed by atoms with Crippen LogP contribution in [0.2, 0.25) is 0 Å². The standard InChI is InChI=1S/C13H16N4O2/c1-9(2)15-13(18)11-5-6-12(17-16-11)14-8-10-4-3-7-19-10/h3-7,9H,8H2,1-2H3,(H,14,17)(H,15,18).